The lowest BCUT2D eigenvalue weighted by atomic mass is 9.85. The Morgan fingerprint density at radius 1 is 1.08 bits per heavy atom. The van der Waals surface area contributed by atoms with Gasteiger partial charge in [0.05, 0.1) is 29.1 Å². The van der Waals surface area contributed by atoms with Gasteiger partial charge in [-0.2, -0.15) is 4.31 Å². The first kappa shape index (κ1) is 29.1. The number of aliphatic hydroxyl groups is 1. The molecule has 1 amide bonds. The molecule has 0 aliphatic heterocycles. The summed E-state index contributed by atoms with van der Waals surface area (Å²) in [5.74, 6) is -0.120. The van der Waals surface area contributed by atoms with Crippen LogP contribution in [-0.4, -0.2) is 62.7 Å². The maximum atomic E-state index is 13.5. The summed E-state index contributed by atoms with van der Waals surface area (Å²) >= 11 is 0. The normalized spacial score (nSPS) is 17.1. The molecule has 2 aromatic rings. The average Bonchev–Trinajstić information content (AvgIpc) is 3.34. The molecule has 0 radical (unpaired) electrons. The van der Waals surface area contributed by atoms with Gasteiger partial charge in [0.15, 0.2) is 0 Å². The van der Waals surface area contributed by atoms with Crippen LogP contribution >= 0.6 is 0 Å². The zero-order valence-electron chi connectivity index (χ0n) is 22.1. The van der Waals surface area contributed by atoms with Gasteiger partial charge < -0.3 is 20.9 Å². The molecule has 0 bridgehead atoms. The Morgan fingerprint density at radius 3 is 2.27 bits per heavy atom. The molecule has 0 spiro atoms. The smallest absolute Gasteiger partial charge is 0.243 e. The Morgan fingerprint density at radius 2 is 1.70 bits per heavy atom. The Labute approximate surface area is 221 Å². The third kappa shape index (κ3) is 7.54. The number of hydrogen-bond acceptors (Lipinski definition) is 6. The number of carbonyl (C=O) groups is 1. The van der Waals surface area contributed by atoms with E-state index < -0.39 is 27.6 Å². The van der Waals surface area contributed by atoms with Crippen molar-refractivity contribution >= 4 is 21.6 Å². The van der Waals surface area contributed by atoms with E-state index in [1.54, 1.807) is 19.2 Å². The van der Waals surface area contributed by atoms with Crippen LogP contribution in [0.5, 0.6) is 0 Å². The topological polar surface area (TPSA) is 122 Å². The number of hydrogen-bond donors (Lipinski definition) is 3. The Bertz CT molecular complexity index is 1100. The predicted molar refractivity (Wildman–Crippen MR) is 145 cm³/mol. The van der Waals surface area contributed by atoms with Gasteiger partial charge in [0, 0.05) is 25.9 Å². The van der Waals surface area contributed by atoms with E-state index >= 15 is 0 Å². The van der Waals surface area contributed by atoms with E-state index in [4.69, 9.17) is 10.5 Å². The van der Waals surface area contributed by atoms with Crippen molar-refractivity contribution < 1.29 is 23.1 Å². The molecular formula is C28H41N3O5S. The number of methoxy groups -OCH3 is 1. The van der Waals surface area contributed by atoms with Crippen LogP contribution in [0.4, 0.5) is 5.69 Å². The summed E-state index contributed by atoms with van der Waals surface area (Å²) in [6, 6.07) is 14.9. The quantitative estimate of drug-likeness (QED) is 0.341. The number of nitrogens with two attached hydrogens (primary N) is 1. The molecule has 1 aliphatic carbocycles. The van der Waals surface area contributed by atoms with Crippen LogP contribution in [0.2, 0.25) is 0 Å². The second kappa shape index (κ2) is 12.9. The summed E-state index contributed by atoms with van der Waals surface area (Å²) in [7, 11) is -2.30. The van der Waals surface area contributed by atoms with Crippen LogP contribution in [0.25, 0.3) is 0 Å². The van der Waals surface area contributed by atoms with Crippen LogP contribution < -0.4 is 11.1 Å². The summed E-state index contributed by atoms with van der Waals surface area (Å²) in [5, 5.41) is 14.5. The molecule has 3 rings (SSSR count). The third-order valence-electron chi connectivity index (χ3n) is 7.02. The molecule has 204 valence electrons. The molecule has 9 heteroatoms. The van der Waals surface area contributed by atoms with Gasteiger partial charge in [0.1, 0.15) is 0 Å². The second-order valence-corrected chi connectivity index (χ2v) is 12.5. The van der Waals surface area contributed by atoms with Crippen molar-refractivity contribution in [2.75, 3.05) is 32.5 Å². The first-order valence-corrected chi connectivity index (χ1v) is 14.4. The molecule has 37 heavy (non-hydrogen) atoms. The number of nitrogen functional groups attached to an aromatic ring is 1. The number of carbonyl (C=O) groups excluding carboxylic acids is 1. The maximum Gasteiger partial charge on any atom is 0.243 e. The number of ether oxygens (including phenoxy) is 1. The van der Waals surface area contributed by atoms with E-state index in [1.165, 1.54) is 16.4 Å². The van der Waals surface area contributed by atoms with Gasteiger partial charge in [-0.15, -0.1) is 0 Å². The number of amides is 1. The molecule has 0 heterocycles. The molecule has 2 aromatic carbocycles. The fourth-order valence-electron chi connectivity index (χ4n) is 5.04. The standard InChI is InChI=1S/C28H41N3O5S/c1-21(2)18-31(37(34,35)24-13-11-23(29)12-14-24)19-26(32)25(17-22-9-5-4-6-10-22)30-27(33)28(20-36-3)15-7-8-16-28/h4-6,9-14,21,25-26,32H,7-8,15-20,29H2,1-3H3,(H,30,33). The molecule has 0 aromatic heterocycles. The number of nitrogens with zero attached hydrogens (tertiary/aromatic N) is 1. The first-order valence-electron chi connectivity index (χ1n) is 12.9. The van der Waals surface area contributed by atoms with Gasteiger partial charge in [-0.05, 0) is 55.0 Å². The van der Waals surface area contributed by atoms with E-state index in [-0.39, 0.29) is 29.8 Å². The monoisotopic (exact) mass is 531 g/mol. The van der Waals surface area contributed by atoms with Crippen LogP contribution in [0.15, 0.2) is 59.5 Å². The fraction of sp³-hybridized carbons (Fsp3) is 0.536. The largest absolute Gasteiger partial charge is 0.399 e. The van der Waals surface area contributed by atoms with Gasteiger partial charge in [0.25, 0.3) is 0 Å². The minimum Gasteiger partial charge on any atom is -0.399 e. The minimum atomic E-state index is -3.89. The Hall–Kier alpha value is -2.46. The van der Waals surface area contributed by atoms with E-state index in [1.807, 2.05) is 44.2 Å². The second-order valence-electron chi connectivity index (χ2n) is 10.5. The van der Waals surface area contributed by atoms with Crippen molar-refractivity contribution in [2.45, 2.75) is 63.0 Å². The highest BCUT2D eigenvalue weighted by atomic mass is 32.2. The highest BCUT2D eigenvalue weighted by molar-refractivity contribution is 7.89. The third-order valence-corrected chi connectivity index (χ3v) is 8.87. The number of sulfonamides is 1. The van der Waals surface area contributed by atoms with Crippen molar-refractivity contribution in [3.8, 4) is 0 Å². The summed E-state index contributed by atoms with van der Waals surface area (Å²) in [5.41, 5.74) is 6.54. The number of nitrogens with one attached hydrogen (secondary N) is 1. The molecule has 1 saturated carbocycles. The number of rotatable bonds is 13. The lowest BCUT2D eigenvalue weighted by molar-refractivity contribution is -0.135. The van der Waals surface area contributed by atoms with E-state index in [0.717, 1.165) is 31.2 Å². The van der Waals surface area contributed by atoms with E-state index in [2.05, 4.69) is 5.32 Å². The summed E-state index contributed by atoms with van der Waals surface area (Å²) < 4.78 is 33.8. The SMILES string of the molecule is COCC1(C(=O)NC(Cc2ccccc2)C(O)CN(CC(C)C)S(=O)(=O)c2ccc(N)cc2)CCCC1. The predicted octanol–water partition coefficient (Wildman–Crippen LogP) is 3.21. The lowest BCUT2D eigenvalue weighted by Crippen LogP contribution is -2.54. The fourth-order valence-corrected chi connectivity index (χ4v) is 6.66. The highest BCUT2D eigenvalue weighted by Crippen LogP contribution is 2.38. The van der Waals surface area contributed by atoms with E-state index in [9.17, 15) is 18.3 Å². The van der Waals surface area contributed by atoms with Gasteiger partial charge in [-0.25, -0.2) is 8.42 Å². The lowest BCUT2D eigenvalue weighted by Gasteiger charge is -2.34. The summed E-state index contributed by atoms with van der Waals surface area (Å²) in [4.78, 5) is 13.6. The van der Waals surface area contributed by atoms with Crippen molar-refractivity contribution in [3.63, 3.8) is 0 Å². The highest BCUT2D eigenvalue weighted by Gasteiger charge is 2.43. The molecule has 0 saturated heterocycles. The number of aliphatic hydroxyl groups excluding tert-OH is 1. The molecule has 4 N–H and O–H groups in total. The first-order chi connectivity index (χ1) is 17.6. The molecule has 1 fully saturated rings. The van der Waals surface area contributed by atoms with Crippen molar-refractivity contribution in [1.29, 1.82) is 0 Å². The van der Waals surface area contributed by atoms with E-state index in [0.29, 0.717) is 18.7 Å². The molecule has 2 unspecified atom stereocenters. The van der Waals surface area contributed by atoms with Gasteiger partial charge >= 0.3 is 0 Å². The van der Waals surface area contributed by atoms with Crippen LogP contribution in [0.3, 0.4) is 0 Å². The zero-order valence-corrected chi connectivity index (χ0v) is 22.9. The van der Waals surface area contributed by atoms with Crippen molar-refractivity contribution in [3.05, 3.63) is 60.2 Å². The van der Waals surface area contributed by atoms with Gasteiger partial charge in [-0.1, -0.05) is 57.0 Å². The molecule has 1 aliphatic rings. The Balaban J connectivity index is 1.88. The summed E-state index contributed by atoms with van der Waals surface area (Å²) in [6.45, 7) is 4.24. The van der Waals surface area contributed by atoms with Gasteiger partial charge in [-0.3, -0.25) is 4.79 Å². The Kier molecular flexibility index (Phi) is 10.1. The van der Waals surface area contributed by atoms with Crippen LogP contribution in [0, 0.1) is 11.3 Å². The molecule has 2 atom stereocenters. The van der Waals surface area contributed by atoms with Crippen molar-refractivity contribution in [1.82, 2.24) is 9.62 Å². The van der Waals surface area contributed by atoms with Crippen LogP contribution in [-0.2, 0) is 26.0 Å². The molecular weight excluding hydrogens is 490 g/mol. The average molecular weight is 532 g/mol. The zero-order chi connectivity index (χ0) is 27.1. The number of benzene rings is 2. The number of anilines is 1. The summed E-state index contributed by atoms with van der Waals surface area (Å²) in [6.07, 6.45) is 2.59. The van der Waals surface area contributed by atoms with Crippen molar-refractivity contribution in [2.24, 2.45) is 11.3 Å². The van der Waals surface area contributed by atoms with Crippen LogP contribution in [0.1, 0.15) is 45.1 Å². The maximum absolute atomic E-state index is 13.5. The molecule has 8 nitrogen and oxygen atoms in total. The minimum absolute atomic E-state index is 0.0291. The van der Waals surface area contributed by atoms with Gasteiger partial charge in [0.2, 0.25) is 15.9 Å².